The molecule has 6 nitrogen and oxygen atoms in total. The first-order valence-corrected chi connectivity index (χ1v) is 11.7. The number of hydrogen-bond acceptors (Lipinski definition) is 4. The molecule has 2 N–H and O–H groups in total. The second-order valence-electron chi connectivity index (χ2n) is 8.26. The zero-order valence-corrected chi connectivity index (χ0v) is 19.9. The normalized spacial score (nSPS) is 12.1. The molecule has 0 aliphatic heterocycles. The zero-order chi connectivity index (χ0) is 25.9. The van der Waals surface area contributed by atoms with Crippen LogP contribution >= 0.6 is 11.6 Å². The SMILES string of the molecule is O=C(Nc1cc(-c2[nH]c3c(Cl)ccnc3c2-c2ccccn2)ccn1)[C@H](CC(F)F)c1ccc(F)cc1. The lowest BCUT2D eigenvalue weighted by Gasteiger charge is -2.17. The van der Waals surface area contributed by atoms with Crippen LogP contribution in [-0.4, -0.2) is 32.3 Å². The minimum absolute atomic E-state index is 0.161. The van der Waals surface area contributed by atoms with Gasteiger partial charge in [-0.15, -0.1) is 0 Å². The van der Waals surface area contributed by atoms with Gasteiger partial charge in [0.1, 0.15) is 11.6 Å². The van der Waals surface area contributed by atoms with E-state index in [9.17, 15) is 18.0 Å². The van der Waals surface area contributed by atoms with Gasteiger partial charge in [0.25, 0.3) is 0 Å². The Morgan fingerprint density at radius 3 is 2.49 bits per heavy atom. The second-order valence-corrected chi connectivity index (χ2v) is 8.66. The van der Waals surface area contributed by atoms with E-state index < -0.39 is 30.5 Å². The molecule has 0 saturated carbocycles. The summed E-state index contributed by atoms with van der Waals surface area (Å²) in [7, 11) is 0. The van der Waals surface area contributed by atoms with E-state index in [1.807, 2.05) is 12.1 Å². The predicted molar refractivity (Wildman–Crippen MR) is 136 cm³/mol. The van der Waals surface area contributed by atoms with Gasteiger partial charge in [-0.05, 0) is 48.0 Å². The van der Waals surface area contributed by atoms with Crippen molar-refractivity contribution in [2.24, 2.45) is 0 Å². The standard InChI is InChI=1S/C27H19ClF3N5O/c28-19-9-12-34-26-23(20-3-1-2-10-32-20)24(36-25(19)26)16-8-11-33-22(13-16)35-27(37)18(14-21(30)31)15-4-6-17(29)7-5-15/h1-13,18,21,36H,14H2,(H,33,35,37)/t18-/m1/s1. The highest BCUT2D eigenvalue weighted by Gasteiger charge is 2.26. The van der Waals surface area contributed by atoms with Crippen molar-refractivity contribution in [2.75, 3.05) is 5.32 Å². The number of carbonyl (C=O) groups excluding carboxylic acids is 1. The quantitative estimate of drug-likeness (QED) is 0.245. The molecule has 0 bridgehead atoms. The summed E-state index contributed by atoms with van der Waals surface area (Å²) in [6, 6.07) is 15.4. The molecule has 186 valence electrons. The molecule has 0 radical (unpaired) electrons. The molecule has 4 heterocycles. The van der Waals surface area contributed by atoms with Crippen molar-refractivity contribution < 1.29 is 18.0 Å². The highest BCUT2D eigenvalue weighted by Crippen LogP contribution is 2.39. The maximum atomic E-state index is 13.3. The number of anilines is 1. The van der Waals surface area contributed by atoms with E-state index in [1.54, 1.807) is 36.7 Å². The summed E-state index contributed by atoms with van der Waals surface area (Å²) in [6.45, 7) is 0. The van der Waals surface area contributed by atoms with E-state index in [0.717, 1.165) is 12.1 Å². The minimum atomic E-state index is -2.73. The number of halogens is 4. The lowest BCUT2D eigenvalue weighted by atomic mass is 9.95. The summed E-state index contributed by atoms with van der Waals surface area (Å²) in [4.78, 5) is 29.5. The Hall–Kier alpha value is -4.24. The van der Waals surface area contributed by atoms with Crippen molar-refractivity contribution in [2.45, 2.75) is 18.8 Å². The third kappa shape index (κ3) is 5.17. The Kier molecular flexibility index (Phi) is 6.87. The zero-order valence-electron chi connectivity index (χ0n) is 19.1. The van der Waals surface area contributed by atoms with Crippen molar-refractivity contribution >= 4 is 34.4 Å². The molecule has 0 aliphatic rings. The van der Waals surface area contributed by atoms with Gasteiger partial charge in [0.15, 0.2) is 0 Å². The number of alkyl halides is 2. The summed E-state index contributed by atoms with van der Waals surface area (Å²) in [5.41, 5.74) is 4.19. The fraction of sp³-hybridized carbons (Fsp3) is 0.111. The number of hydrogen-bond donors (Lipinski definition) is 2. The van der Waals surface area contributed by atoms with E-state index in [1.165, 1.54) is 18.3 Å². The molecule has 1 amide bonds. The number of aromatic nitrogens is 4. The van der Waals surface area contributed by atoms with Crippen LogP contribution in [0.5, 0.6) is 0 Å². The van der Waals surface area contributed by atoms with Gasteiger partial charge in [-0.25, -0.2) is 18.2 Å². The highest BCUT2D eigenvalue weighted by molar-refractivity contribution is 6.35. The van der Waals surface area contributed by atoms with Gasteiger partial charge in [0.05, 0.1) is 38.9 Å². The molecule has 37 heavy (non-hydrogen) atoms. The molecule has 0 fully saturated rings. The number of benzene rings is 1. The number of rotatable bonds is 7. The molecular weight excluding hydrogens is 503 g/mol. The van der Waals surface area contributed by atoms with Crippen LogP contribution < -0.4 is 5.32 Å². The highest BCUT2D eigenvalue weighted by atomic mass is 35.5. The van der Waals surface area contributed by atoms with Crippen molar-refractivity contribution in [1.29, 1.82) is 0 Å². The van der Waals surface area contributed by atoms with Crippen LogP contribution in [0.4, 0.5) is 19.0 Å². The number of carbonyl (C=O) groups is 1. The number of H-pyrrole nitrogens is 1. The van der Waals surface area contributed by atoms with Crippen LogP contribution in [0.25, 0.3) is 33.5 Å². The fourth-order valence-electron chi connectivity index (χ4n) is 4.16. The largest absolute Gasteiger partial charge is 0.351 e. The Bertz CT molecular complexity index is 1560. The number of nitrogens with one attached hydrogen (secondary N) is 2. The van der Waals surface area contributed by atoms with Gasteiger partial charge in [-0.3, -0.25) is 14.8 Å². The Labute approximate surface area is 214 Å². The van der Waals surface area contributed by atoms with Crippen LogP contribution in [0.2, 0.25) is 5.02 Å². The Morgan fingerprint density at radius 1 is 0.973 bits per heavy atom. The van der Waals surface area contributed by atoms with Gasteiger partial charge in [-0.1, -0.05) is 29.8 Å². The smallest absolute Gasteiger partial charge is 0.239 e. The topological polar surface area (TPSA) is 83.6 Å². The number of fused-ring (bicyclic) bond motifs is 1. The third-order valence-corrected chi connectivity index (χ3v) is 6.18. The molecule has 0 spiro atoms. The molecule has 0 aliphatic carbocycles. The van der Waals surface area contributed by atoms with E-state index in [4.69, 9.17) is 11.6 Å². The Balaban J connectivity index is 1.52. The average Bonchev–Trinajstić information content (AvgIpc) is 3.29. The van der Waals surface area contributed by atoms with Crippen molar-refractivity contribution in [1.82, 2.24) is 19.9 Å². The van der Waals surface area contributed by atoms with Gasteiger partial charge in [0, 0.05) is 30.6 Å². The summed E-state index contributed by atoms with van der Waals surface area (Å²) < 4.78 is 39.9. The lowest BCUT2D eigenvalue weighted by Crippen LogP contribution is -2.23. The van der Waals surface area contributed by atoms with Gasteiger partial charge in [-0.2, -0.15) is 0 Å². The molecule has 1 aromatic carbocycles. The molecule has 1 atom stereocenters. The van der Waals surface area contributed by atoms with E-state index >= 15 is 0 Å². The molecular formula is C27H19ClF3N5O. The number of amides is 1. The van der Waals surface area contributed by atoms with E-state index in [2.05, 4.69) is 25.3 Å². The van der Waals surface area contributed by atoms with E-state index in [0.29, 0.717) is 38.6 Å². The van der Waals surface area contributed by atoms with Gasteiger partial charge >= 0.3 is 0 Å². The van der Waals surface area contributed by atoms with Crippen molar-refractivity contribution in [3.63, 3.8) is 0 Å². The monoisotopic (exact) mass is 521 g/mol. The molecule has 5 aromatic rings. The van der Waals surface area contributed by atoms with Crippen LogP contribution in [0.1, 0.15) is 17.9 Å². The van der Waals surface area contributed by atoms with Crippen LogP contribution in [0.15, 0.2) is 79.3 Å². The first-order valence-electron chi connectivity index (χ1n) is 11.3. The van der Waals surface area contributed by atoms with Crippen LogP contribution in [0.3, 0.4) is 0 Å². The molecule has 0 unspecified atom stereocenters. The maximum Gasteiger partial charge on any atom is 0.239 e. The third-order valence-electron chi connectivity index (χ3n) is 5.86. The molecule has 5 rings (SSSR count). The summed E-state index contributed by atoms with van der Waals surface area (Å²) in [6.07, 6.45) is 1.32. The van der Waals surface area contributed by atoms with Gasteiger partial charge in [0.2, 0.25) is 12.3 Å². The molecule has 10 heteroatoms. The van der Waals surface area contributed by atoms with E-state index in [-0.39, 0.29) is 11.4 Å². The first-order chi connectivity index (χ1) is 17.9. The molecule has 0 saturated heterocycles. The van der Waals surface area contributed by atoms with Crippen LogP contribution in [0, 0.1) is 5.82 Å². The summed E-state index contributed by atoms with van der Waals surface area (Å²) in [5, 5.41) is 3.10. The van der Waals surface area contributed by atoms with Crippen molar-refractivity contribution in [3.8, 4) is 22.5 Å². The summed E-state index contributed by atoms with van der Waals surface area (Å²) >= 11 is 6.42. The number of nitrogens with zero attached hydrogens (tertiary/aromatic N) is 3. The maximum absolute atomic E-state index is 13.3. The first kappa shape index (κ1) is 24.5. The Morgan fingerprint density at radius 2 is 1.76 bits per heavy atom. The number of aromatic amines is 1. The minimum Gasteiger partial charge on any atom is -0.351 e. The molecule has 4 aromatic heterocycles. The lowest BCUT2D eigenvalue weighted by molar-refractivity contribution is -0.118. The van der Waals surface area contributed by atoms with Crippen molar-refractivity contribution in [3.05, 3.63) is 95.7 Å². The fourth-order valence-corrected chi connectivity index (χ4v) is 4.36. The second kappa shape index (κ2) is 10.4. The van der Waals surface area contributed by atoms with Gasteiger partial charge < -0.3 is 10.3 Å². The van der Waals surface area contributed by atoms with Crippen LogP contribution in [-0.2, 0) is 4.79 Å². The number of pyridine rings is 3. The average molecular weight is 522 g/mol. The summed E-state index contributed by atoms with van der Waals surface area (Å²) in [5.74, 6) is -2.23. The predicted octanol–water partition coefficient (Wildman–Crippen LogP) is 6.86.